The summed E-state index contributed by atoms with van der Waals surface area (Å²) in [5.41, 5.74) is 0. The van der Waals surface area contributed by atoms with Crippen molar-refractivity contribution in [3.63, 3.8) is 0 Å². The summed E-state index contributed by atoms with van der Waals surface area (Å²) in [6.07, 6.45) is 2.08. The maximum atomic E-state index is 12.3. The molecule has 0 aliphatic carbocycles. The van der Waals surface area contributed by atoms with Gasteiger partial charge in [-0.2, -0.15) is 0 Å². The fourth-order valence-corrected chi connectivity index (χ4v) is 2.31. The molecular formula is C14H22N2O5S. The Bertz CT molecular complexity index is 447. The number of carbonyl (C=O) groups is 4. The van der Waals surface area contributed by atoms with E-state index < -0.39 is 17.1 Å². The minimum Gasteiger partial charge on any atom is -0.466 e. The maximum Gasteiger partial charge on any atom is 0.330 e. The van der Waals surface area contributed by atoms with Crippen molar-refractivity contribution in [3.8, 4) is 0 Å². The first-order valence-electron chi connectivity index (χ1n) is 6.84. The van der Waals surface area contributed by atoms with Gasteiger partial charge in [0.15, 0.2) is 0 Å². The smallest absolute Gasteiger partial charge is 0.330 e. The molecule has 7 nitrogen and oxygen atoms in total. The monoisotopic (exact) mass is 330 g/mol. The van der Waals surface area contributed by atoms with Gasteiger partial charge < -0.3 is 15.0 Å². The molecule has 0 aromatic rings. The topological polar surface area (TPSA) is 92.8 Å². The van der Waals surface area contributed by atoms with Crippen LogP contribution >= 0.6 is 11.8 Å². The Balaban J connectivity index is 4.70. The lowest BCUT2D eigenvalue weighted by molar-refractivity contribution is -0.135. The lowest BCUT2D eigenvalue weighted by Crippen LogP contribution is -2.49. The molecule has 0 aliphatic rings. The lowest BCUT2D eigenvalue weighted by atomic mass is 10.2. The molecule has 1 N–H and O–H groups in total. The highest BCUT2D eigenvalue weighted by Crippen LogP contribution is 2.08. The summed E-state index contributed by atoms with van der Waals surface area (Å²) >= 11 is 0.850. The molecule has 22 heavy (non-hydrogen) atoms. The van der Waals surface area contributed by atoms with Crippen molar-refractivity contribution in [2.45, 2.75) is 26.8 Å². The number of esters is 1. The molecule has 0 heterocycles. The predicted molar refractivity (Wildman–Crippen MR) is 84.2 cm³/mol. The van der Waals surface area contributed by atoms with E-state index in [1.807, 2.05) is 13.8 Å². The third-order valence-electron chi connectivity index (χ3n) is 2.70. The van der Waals surface area contributed by atoms with Gasteiger partial charge in [-0.15, -0.1) is 0 Å². The SMILES string of the molecule is CCN(CC)C(=O)[C@H](CSC(=O)/C=C/C(=O)OC)NC(C)=O. The van der Waals surface area contributed by atoms with Crippen LogP contribution in [-0.4, -0.2) is 59.8 Å². The number of nitrogens with one attached hydrogen (secondary N) is 1. The number of ether oxygens (including phenoxy) is 1. The van der Waals surface area contributed by atoms with Crippen molar-refractivity contribution in [1.82, 2.24) is 10.2 Å². The van der Waals surface area contributed by atoms with E-state index in [9.17, 15) is 19.2 Å². The number of carbonyl (C=O) groups excluding carboxylic acids is 4. The molecule has 1 atom stereocenters. The molecule has 0 bridgehead atoms. The van der Waals surface area contributed by atoms with Gasteiger partial charge in [0.2, 0.25) is 16.9 Å². The third kappa shape index (κ3) is 7.82. The van der Waals surface area contributed by atoms with Crippen LogP contribution < -0.4 is 5.32 Å². The molecule has 0 aliphatic heterocycles. The fourth-order valence-electron chi connectivity index (χ4n) is 1.59. The van der Waals surface area contributed by atoms with E-state index in [4.69, 9.17) is 0 Å². The van der Waals surface area contributed by atoms with Crippen molar-refractivity contribution in [1.29, 1.82) is 0 Å². The summed E-state index contributed by atoms with van der Waals surface area (Å²) in [7, 11) is 1.21. The summed E-state index contributed by atoms with van der Waals surface area (Å²) in [5.74, 6) is -1.12. The Morgan fingerprint density at radius 1 is 1.18 bits per heavy atom. The summed E-state index contributed by atoms with van der Waals surface area (Å²) in [6, 6.07) is -0.780. The second-order valence-electron chi connectivity index (χ2n) is 4.25. The molecule has 0 saturated carbocycles. The van der Waals surface area contributed by atoms with Gasteiger partial charge in [-0.25, -0.2) is 4.79 Å². The minimum atomic E-state index is -0.780. The Labute approximate surface area is 134 Å². The van der Waals surface area contributed by atoms with E-state index in [1.165, 1.54) is 14.0 Å². The fraction of sp³-hybridized carbons (Fsp3) is 0.571. The third-order valence-corrected chi connectivity index (χ3v) is 3.62. The average molecular weight is 330 g/mol. The number of hydrogen-bond acceptors (Lipinski definition) is 6. The molecule has 0 aromatic carbocycles. The van der Waals surface area contributed by atoms with Crippen LogP contribution in [0, 0.1) is 0 Å². The highest BCUT2D eigenvalue weighted by molar-refractivity contribution is 8.14. The van der Waals surface area contributed by atoms with Crippen LogP contribution in [0.15, 0.2) is 12.2 Å². The zero-order valence-electron chi connectivity index (χ0n) is 13.3. The van der Waals surface area contributed by atoms with Crippen molar-refractivity contribution in [2.24, 2.45) is 0 Å². The molecule has 8 heteroatoms. The van der Waals surface area contributed by atoms with E-state index in [0.717, 1.165) is 23.9 Å². The molecule has 0 rings (SSSR count). The van der Waals surface area contributed by atoms with Crippen LogP contribution in [0.5, 0.6) is 0 Å². The summed E-state index contributed by atoms with van der Waals surface area (Å²) in [6.45, 7) is 6.03. The Morgan fingerprint density at radius 2 is 1.77 bits per heavy atom. The van der Waals surface area contributed by atoms with Gasteiger partial charge >= 0.3 is 5.97 Å². The lowest BCUT2D eigenvalue weighted by Gasteiger charge is -2.25. The molecule has 0 radical (unpaired) electrons. The molecule has 0 spiro atoms. The Kier molecular flexibility index (Phi) is 9.93. The van der Waals surface area contributed by atoms with E-state index in [1.54, 1.807) is 4.90 Å². The zero-order valence-corrected chi connectivity index (χ0v) is 14.1. The first kappa shape index (κ1) is 20.2. The van der Waals surface area contributed by atoms with Gasteiger partial charge in [0.25, 0.3) is 0 Å². The van der Waals surface area contributed by atoms with E-state index >= 15 is 0 Å². The average Bonchev–Trinajstić information content (AvgIpc) is 2.49. The number of likely N-dealkylation sites (N-methyl/N-ethyl adjacent to an activating group) is 1. The molecule has 2 amide bonds. The number of methoxy groups -OCH3 is 1. The van der Waals surface area contributed by atoms with Gasteiger partial charge in [0.1, 0.15) is 6.04 Å². The highest BCUT2D eigenvalue weighted by Gasteiger charge is 2.24. The minimum absolute atomic E-state index is 0.0965. The molecule has 0 aromatic heterocycles. The first-order valence-corrected chi connectivity index (χ1v) is 7.82. The van der Waals surface area contributed by atoms with E-state index in [-0.39, 0.29) is 17.6 Å². The van der Waals surface area contributed by atoms with Crippen LogP contribution in [-0.2, 0) is 23.9 Å². The summed E-state index contributed by atoms with van der Waals surface area (Å²) in [5, 5.41) is 2.15. The van der Waals surface area contributed by atoms with Gasteiger partial charge in [0.05, 0.1) is 7.11 Å². The number of thioether (sulfide) groups is 1. The second kappa shape index (κ2) is 10.8. The highest BCUT2D eigenvalue weighted by atomic mass is 32.2. The van der Waals surface area contributed by atoms with Crippen LogP contribution in [0.1, 0.15) is 20.8 Å². The standard InChI is InChI=1S/C14H22N2O5S/c1-5-16(6-2)14(20)11(15-10(3)17)9-22-13(19)8-7-12(18)21-4/h7-8,11H,5-6,9H2,1-4H3,(H,15,17)/b8-7+/t11-/m0/s1. The van der Waals surface area contributed by atoms with Crippen LogP contribution in [0.4, 0.5) is 0 Å². The van der Waals surface area contributed by atoms with Gasteiger partial charge in [-0.3, -0.25) is 14.4 Å². The van der Waals surface area contributed by atoms with Crippen molar-refractivity contribution < 1.29 is 23.9 Å². The summed E-state index contributed by atoms with van der Waals surface area (Å²) < 4.78 is 4.37. The maximum absolute atomic E-state index is 12.3. The molecular weight excluding hydrogens is 308 g/mol. The number of rotatable bonds is 8. The number of hydrogen-bond donors (Lipinski definition) is 1. The van der Waals surface area contributed by atoms with Crippen LogP contribution in [0.2, 0.25) is 0 Å². The van der Waals surface area contributed by atoms with Crippen LogP contribution in [0.3, 0.4) is 0 Å². The Morgan fingerprint density at radius 3 is 2.23 bits per heavy atom. The molecule has 0 unspecified atom stereocenters. The van der Waals surface area contributed by atoms with Crippen molar-refractivity contribution >= 4 is 34.7 Å². The quantitative estimate of drug-likeness (QED) is 0.510. The second-order valence-corrected chi connectivity index (χ2v) is 5.27. The predicted octanol–water partition coefficient (Wildman–Crippen LogP) is 0.349. The van der Waals surface area contributed by atoms with Gasteiger partial charge in [-0.05, 0) is 19.9 Å². The molecule has 124 valence electrons. The van der Waals surface area contributed by atoms with Crippen molar-refractivity contribution in [3.05, 3.63) is 12.2 Å². The van der Waals surface area contributed by atoms with Gasteiger partial charge in [-0.1, -0.05) is 11.8 Å². The molecule has 0 saturated heterocycles. The van der Waals surface area contributed by atoms with Crippen molar-refractivity contribution in [2.75, 3.05) is 26.0 Å². The van der Waals surface area contributed by atoms with E-state index in [0.29, 0.717) is 13.1 Å². The normalized spacial score (nSPS) is 11.8. The first-order chi connectivity index (χ1) is 10.3. The van der Waals surface area contributed by atoms with Crippen LogP contribution in [0.25, 0.3) is 0 Å². The Hall–Kier alpha value is -1.83. The number of amides is 2. The largest absolute Gasteiger partial charge is 0.466 e. The summed E-state index contributed by atoms with van der Waals surface area (Å²) in [4.78, 5) is 47.5. The van der Waals surface area contributed by atoms with Gasteiger partial charge in [0, 0.05) is 31.8 Å². The zero-order chi connectivity index (χ0) is 17.1. The van der Waals surface area contributed by atoms with E-state index in [2.05, 4.69) is 10.1 Å². The number of nitrogens with zero attached hydrogens (tertiary/aromatic N) is 1. The molecule has 0 fully saturated rings.